The zero-order valence-electron chi connectivity index (χ0n) is 64.8. The average molecular weight is 837 g/mol. The Labute approximate surface area is 404 Å². The predicted molar refractivity (Wildman–Crippen MR) is 255 cm³/mol. The molecule has 0 N–H and O–H groups in total. The van der Waals surface area contributed by atoms with E-state index < -0.39 is 330 Å². The Morgan fingerprint density at radius 2 is 1.07 bits per heavy atom. The normalized spacial score (nSPS) is 20.8. The van der Waals surface area contributed by atoms with E-state index in [-0.39, 0.29) is 0 Å². The molecule has 6 heteroatoms. The zero-order valence-corrected chi connectivity index (χ0v) is 31.7. The molecule has 0 saturated carbocycles. The van der Waals surface area contributed by atoms with Crippen LogP contribution in [0.3, 0.4) is 0 Å². The van der Waals surface area contributed by atoms with Gasteiger partial charge in [0.2, 0.25) is 0 Å². The zero-order chi connectivity index (χ0) is 70.2. The molecule has 1 aromatic heterocycles. The number of fused-ring (bicyclic) bond motifs is 7. The van der Waals surface area contributed by atoms with Crippen LogP contribution in [0.5, 0.6) is 17.2 Å². The third-order valence-electron chi connectivity index (χ3n) is 9.97. The van der Waals surface area contributed by atoms with Gasteiger partial charge in [-0.15, -0.1) is 12.6 Å². The molecule has 0 atom stereocenters. The minimum absolute atomic E-state index is 0.533. The van der Waals surface area contributed by atoms with Crippen LogP contribution in [0.1, 0.15) is 48.0 Å². The standard InChI is InChI=1S/C54H36BNO2SSi/c59-38-29-30-45-46-32-36(42-22-12-15-27-53(42)60(39-16-4-1-5-17-39,40-18-6-2-7-19-40)41-20-8-3-9-21-41)33-52-54(46)55(58-50(45)35-38)47-31-28-37(34-51(47)57-52)56-48-25-13-10-23-43(48)44-24-11-14-26-49(44)56/h1-35,59H/i1D,2D,3D,4D,5D,6D,7D,8D,9D,10D,11D,12D,13D,14D,15D,16D,17D,18D,19D,20D,21D,22D,23D,24D,25D,26D,27D,28D,29D,30D,31D,32D,33D,34D,35D. The SMILES string of the molecule is [2H]c1c([2H])c([2H])c([Si](c2c([2H])c([2H])c([2H])c([2H])c2[2H])(c2c([2H])c([2H])c([2H])c([2H])c2[2H])c2c([2H])c([2H])c([2H])c([2H])c2-c2c([2H])c3c4c(c2[2H])-c2c([2H])c([2H])c(S)c([2H])c2OB4c2c([2H])c([2H])c(-n4c5c([2H])c([2H])c([2H])c([2H])c5c5c([2H])c([2H])c([2H])c([2H])c54)c([2H])c2O3)c([2H])c1[2H]. The molecule has 10 aromatic rings. The van der Waals surface area contributed by atoms with Crippen molar-refractivity contribution in [3.63, 3.8) is 0 Å². The molecule has 3 nitrogen and oxygen atoms in total. The number of nitrogens with zero attached hydrogens (tertiary/aromatic N) is 1. The molecular weight excluding hydrogens is 766 g/mol. The number of aromatic nitrogens is 1. The molecule has 0 bridgehead atoms. The lowest BCUT2D eigenvalue weighted by molar-refractivity contribution is 0.479. The van der Waals surface area contributed by atoms with Crippen molar-refractivity contribution in [1.29, 1.82) is 0 Å². The van der Waals surface area contributed by atoms with Crippen LogP contribution in [-0.2, 0) is 0 Å². The second-order valence-electron chi connectivity index (χ2n) is 13.0. The van der Waals surface area contributed by atoms with Gasteiger partial charge >= 0.3 is 6.92 Å². The maximum Gasteiger partial charge on any atom is 0.434 e. The van der Waals surface area contributed by atoms with Crippen molar-refractivity contribution < 1.29 is 57.4 Å². The van der Waals surface area contributed by atoms with E-state index in [0.29, 0.717) is 0 Å². The summed E-state index contributed by atoms with van der Waals surface area (Å²) in [5.41, 5.74) is -7.33. The quantitative estimate of drug-likeness (QED) is 0.103. The van der Waals surface area contributed by atoms with Gasteiger partial charge in [0.15, 0.2) is 8.07 Å². The predicted octanol–water partition coefficient (Wildman–Crippen LogP) is 9.39. The number of hydrogen-bond donors (Lipinski definition) is 1. The van der Waals surface area contributed by atoms with Crippen LogP contribution in [0.25, 0.3) is 49.7 Å². The minimum atomic E-state index is -6.73. The summed E-state index contributed by atoms with van der Waals surface area (Å²) in [5.74, 6) is -2.67. The van der Waals surface area contributed by atoms with Crippen molar-refractivity contribution >= 4 is 81.1 Å². The smallest absolute Gasteiger partial charge is 0.434 e. The lowest BCUT2D eigenvalue weighted by Gasteiger charge is -2.36. The largest absolute Gasteiger partial charge is 0.551 e. The third kappa shape index (κ3) is 5.24. The fraction of sp³-hybridized carbons (Fsp3) is 0. The van der Waals surface area contributed by atoms with Gasteiger partial charge in [-0.25, -0.2) is 0 Å². The number of rotatable bonds is 6. The average Bonchev–Trinajstić information content (AvgIpc) is 1.08. The first kappa shape index (κ1) is 14.6. The van der Waals surface area contributed by atoms with Gasteiger partial charge in [-0.05, 0) is 85.8 Å². The summed E-state index contributed by atoms with van der Waals surface area (Å²) in [5, 5.41) is -6.16. The van der Waals surface area contributed by atoms with Crippen LogP contribution in [0.15, 0.2) is 216 Å². The second-order valence-corrected chi connectivity index (χ2v) is 17.0. The van der Waals surface area contributed by atoms with Gasteiger partial charge in [0.05, 0.1) is 59.0 Å². The van der Waals surface area contributed by atoms with Gasteiger partial charge in [0.25, 0.3) is 0 Å². The first-order valence-electron chi connectivity index (χ1n) is 35.1. The molecule has 0 radical (unpaired) electrons. The number of ether oxygens (including phenoxy) is 1. The number of para-hydroxylation sites is 2. The first-order valence-corrected chi connectivity index (χ1v) is 20.0. The van der Waals surface area contributed by atoms with E-state index in [1.165, 1.54) is 0 Å². The van der Waals surface area contributed by atoms with Crippen molar-refractivity contribution in [2.45, 2.75) is 4.90 Å². The van der Waals surface area contributed by atoms with Crippen LogP contribution in [0.2, 0.25) is 0 Å². The molecule has 12 rings (SSSR count). The molecule has 0 spiro atoms. The summed E-state index contributed by atoms with van der Waals surface area (Å²) >= 11 is 4.31. The van der Waals surface area contributed by atoms with Crippen molar-refractivity contribution in [2.75, 3.05) is 0 Å². The summed E-state index contributed by atoms with van der Waals surface area (Å²) < 4.78 is 341. The van der Waals surface area contributed by atoms with Gasteiger partial charge in [0.1, 0.15) is 17.2 Å². The second kappa shape index (κ2) is 13.8. The highest BCUT2D eigenvalue weighted by atomic mass is 32.1. The first-order chi connectivity index (χ1) is 44.2. The number of benzene rings is 9. The third-order valence-corrected chi connectivity index (χ3v) is 14.3. The molecule has 2 aliphatic heterocycles. The van der Waals surface area contributed by atoms with E-state index in [2.05, 4.69) is 12.6 Å². The lowest BCUT2D eigenvalue weighted by Crippen LogP contribution is -2.75. The topological polar surface area (TPSA) is 23.4 Å². The van der Waals surface area contributed by atoms with Crippen molar-refractivity contribution in [3.8, 4) is 45.2 Å². The molecule has 0 aliphatic carbocycles. The number of thiol groups is 1. The van der Waals surface area contributed by atoms with Crippen LogP contribution >= 0.6 is 12.6 Å². The van der Waals surface area contributed by atoms with Crippen molar-refractivity contribution in [3.05, 3.63) is 211 Å². The van der Waals surface area contributed by atoms with Gasteiger partial charge in [-0.1, -0.05) is 157 Å². The Kier molecular flexibility index (Phi) is 3.37. The van der Waals surface area contributed by atoms with Crippen LogP contribution < -0.4 is 41.1 Å². The van der Waals surface area contributed by atoms with Crippen molar-refractivity contribution in [2.24, 2.45) is 0 Å². The van der Waals surface area contributed by atoms with Crippen LogP contribution in [0, 0.1) is 0 Å². The van der Waals surface area contributed by atoms with E-state index in [0.717, 1.165) is 4.57 Å². The Morgan fingerprint density at radius 3 is 1.72 bits per heavy atom. The maximum atomic E-state index is 10.5. The monoisotopic (exact) mass is 836 g/mol. The van der Waals surface area contributed by atoms with Gasteiger partial charge in [-0.3, -0.25) is 0 Å². The van der Waals surface area contributed by atoms with E-state index in [4.69, 9.17) is 31.3 Å². The fourth-order valence-electron chi connectivity index (χ4n) is 7.55. The Balaban J connectivity index is 1.35. The molecule has 3 heterocycles. The summed E-state index contributed by atoms with van der Waals surface area (Å²) in [6.07, 6.45) is 0. The van der Waals surface area contributed by atoms with Gasteiger partial charge in [0, 0.05) is 43.9 Å². The summed E-state index contributed by atoms with van der Waals surface area (Å²) in [7, 11) is -6.73. The van der Waals surface area contributed by atoms with E-state index >= 15 is 0 Å². The molecule has 0 unspecified atom stereocenters. The molecule has 0 saturated heterocycles. The van der Waals surface area contributed by atoms with E-state index in [9.17, 15) is 26.0 Å². The summed E-state index contributed by atoms with van der Waals surface area (Å²) in [4.78, 5) is -0.552. The fourth-order valence-corrected chi connectivity index (χ4v) is 11.5. The highest BCUT2D eigenvalue weighted by molar-refractivity contribution is 7.80. The minimum Gasteiger partial charge on any atom is -0.551 e. The Hall–Kier alpha value is -6.99. The number of hydrogen-bond acceptors (Lipinski definition) is 3. The summed E-state index contributed by atoms with van der Waals surface area (Å²) in [6, 6.07) is -40.2. The highest BCUT2D eigenvalue weighted by Gasteiger charge is 2.44. The molecular formula is C54H36BNO2SSi. The Morgan fingerprint density at radius 1 is 0.483 bits per heavy atom. The molecule has 0 amide bonds. The highest BCUT2D eigenvalue weighted by Crippen LogP contribution is 2.43. The molecule has 0 fully saturated rings. The maximum absolute atomic E-state index is 10.5. The van der Waals surface area contributed by atoms with Gasteiger partial charge < -0.3 is 14.0 Å². The van der Waals surface area contributed by atoms with E-state index in [1.54, 1.807) is 0 Å². The molecule has 2 aliphatic rings. The van der Waals surface area contributed by atoms with Crippen LogP contribution in [0.4, 0.5) is 0 Å². The van der Waals surface area contributed by atoms with Gasteiger partial charge in [-0.2, -0.15) is 0 Å². The van der Waals surface area contributed by atoms with Crippen molar-refractivity contribution in [1.82, 2.24) is 4.57 Å². The molecule has 282 valence electrons. The molecule has 60 heavy (non-hydrogen) atoms. The van der Waals surface area contributed by atoms with Crippen LogP contribution in [-0.4, -0.2) is 19.6 Å². The van der Waals surface area contributed by atoms with E-state index in [1.807, 2.05) is 0 Å². The lowest BCUT2D eigenvalue weighted by atomic mass is 9.50. The Bertz CT molecular complexity index is 5040. The molecule has 9 aromatic carbocycles. The summed E-state index contributed by atoms with van der Waals surface area (Å²) in [6.45, 7) is -2.12.